The van der Waals surface area contributed by atoms with Crippen LogP contribution >= 0.6 is 11.3 Å². The molecule has 94 valence electrons. The van der Waals surface area contributed by atoms with E-state index in [-0.39, 0.29) is 18.4 Å². The van der Waals surface area contributed by atoms with Crippen LogP contribution in [0.5, 0.6) is 0 Å². The van der Waals surface area contributed by atoms with E-state index in [1.165, 1.54) is 0 Å². The average molecular weight is 256 g/mol. The van der Waals surface area contributed by atoms with Gasteiger partial charge in [0.15, 0.2) is 0 Å². The highest BCUT2D eigenvalue weighted by Gasteiger charge is 2.09. The average Bonchev–Trinajstić information content (AvgIpc) is 2.75. The molecule has 2 amide bonds. The zero-order chi connectivity index (χ0) is 12.7. The molecule has 0 spiro atoms. The predicted octanol–water partition coefficient (Wildman–Crippen LogP) is 1.66. The highest BCUT2D eigenvalue weighted by Crippen LogP contribution is 2.07. The van der Waals surface area contributed by atoms with Gasteiger partial charge < -0.3 is 15.7 Å². The molecule has 0 fully saturated rings. The van der Waals surface area contributed by atoms with Crippen molar-refractivity contribution in [3.8, 4) is 0 Å². The third kappa shape index (κ3) is 5.91. The lowest BCUT2D eigenvalue weighted by Gasteiger charge is -2.10. The Hall–Kier alpha value is -1.56. The zero-order valence-electron chi connectivity index (χ0n) is 9.60. The minimum Gasteiger partial charge on any atom is -0.481 e. The van der Waals surface area contributed by atoms with Crippen LogP contribution in [0, 0.1) is 5.92 Å². The van der Waals surface area contributed by atoms with Crippen LogP contribution in [0.3, 0.4) is 0 Å². The second kappa shape index (κ2) is 6.90. The maximum Gasteiger partial charge on any atom is 0.315 e. The molecular formula is C11H16N2O3S. The molecular weight excluding hydrogens is 240 g/mol. The summed E-state index contributed by atoms with van der Waals surface area (Å²) in [6.07, 6.45) is 0.0607. The van der Waals surface area contributed by atoms with E-state index in [4.69, 9.17) is 5.11 Å². The van der Waals surface area contributed by atoms with Gasteiger partial charge in [-0.1, -0.05) is 13.0 Å². The number of carboxylic acid groups (broad SMARTS) is 1. The zero-order valence-corrected chi connectivity index (χ0v) is 10.4. The highest BCUT2D eigenvalue weighted by molar-refractivity contribution is 7.09. The summed E-state index contributed by atoms with van der Waals surface area (Å²) in [4.78, 5) is 22.9. The first-order chi connectivity index (χ1) is 8.08. The maximum atomic E-state index is 11.4. The molecule has 17 heavy (non-hydrogen) atoms. The van der Waals surface area contributed by atoms with E-state index in [0.717, 1.165) is 4.88 Å². The lowest BCUT2D eigenvalue weighted by molar-refractivity contribution is -0.137. The molecule has 1 aromatic heterocycles. The van der Waals surface area contributed by atoms with Gasteiger partial charge in [-0.05, 0) is 17.4 Å². The fraction of sp³-hybridized carbons (Fsp3) is 0.455. The number of carboxylic acids is 1. The Labute approximate surface area is 104 Å². The van der Waals surface area contributed by atoms with Crippen LogP contribution in [0.15, 0.2) is 17.5 Å². The van der Waals surface area contributed by atoms with Gasteiger partial charge in [0, 0.05) is 17.8 Å². The second-order valence-electron chi connectivity index (χ2n) is 3.85. The minimum absolute atomic E-state index is 0.0607. The van der Waals surface area contributed by atoms with Gasteiger partial charge in [0.25, 0.3) is 0 Å². The van der Waals surface area contributed by atoms with Crippen molar-refractivity contribution in [2.45, 2.75) is 19.9 Å². The highest BCUT2D eigenvalue weighted by atomic mass is 32.1. The Kier molecular flexibility index (Phi) is 5.48. The van der Waals surface area contributed by atoms with Gasteiger partial charge in [-0.2, -0.15) is 0 Å². The third-order valence-electron chi connectivity index (χ3n) is 2.14. The van der Waals surface area contributed by atoms with E-state index in [2.05, 4.69) is 10.6 Å². The minimum atomic E-state index is -0.849. The van der Waals surface area contributed by atoms with Crippen molar-refractivity contribution >= 4 is 23.3 Å². The summed E-state index contributed by atoms with van der Waals surface area (Å²) in [6.45, 7) is 2.65. The SMILES string of the molecule is CC(CNC(=O)NCc1cccs1)CC(=O)O. The van der Waals surface area contributed by atoms with E-state index >= 15 is 0 Å². The van der Waals surface area contributed by atoms with Gasteiger partial charge in [0.05, 0.1) is 6.54 Å². The molecule has 0 aliphatic rings. The molecule has 1 atom stereocenters. The van der Waals surface area contributed by atoms with Gasteiger partial charge in [-0.15, -0.1) is 11.3 Å². The smallest absolute Gasteiger partial charge is 0.315 e. The monoisotopic (exact) mass is 256 g/mol. The number of hydrogen-bond acceptors (Lipinski definition) is 3. The van der Waals surface area contributed by atoms with Gasteiger partial charge in [-0.25, -0.2) is 4.79 Å². The first kappa shape index (κ1) is 13.5. The van der Waals surface area contributed by atoms with Gasteiger partial charge in [-0.3, -0.25) is 4.79 Å². The van der Waals surface area contributed by atoms with Crippen LogP contribution in [0.1, 0.15) is 18.2 Å². The topological polar surface area (TPSA) is 78.4 Å². The van der Waals surface area contributed by atoms with Crippen molar-refractivity contribution in [3.05, 3.63) is 22.4 Å². The summed E-state index contributed by atoms with van der Waals surface area (Å²) in [6, 6.07) is 3.60. The van der Waals surface area contributed by atoms with Crippen LogP contribution in [-0.4, -0.2) is 23.7 Å². The number of rotatable bonds is 6. The Bertz CT molecular complexity index is 365. The molecule has 5 nitrogen and oxygen atoms in total. The lowest BCUT2D eigenvalue weighted by atomic mass is 10.1. The molecule has 6 heteroatoms. The van der Waals surface area contributed by atoms with Crippen molar-refractivity contribution in [2.75, 3.05) is 6.54 Å². The summed E-state index contributed by atoms with van der Waals surface area (Å²) in [5, 5.41) is 15.8. The Morgan fingerprint density at radius 1 is 1.47 bits per heavy atom. The van der Waals surface area contributed by atoms with Crippen molar-refractivity contribution in [3.63, 3.8) is 0 Å². The van der Waals surface area contributed by atoms with Gasteiger partial charge >= 0.3 is 12.0 Å². The molecule has 0 aromatic carbocycles. The van der Waals surface area contributed by atoms with Crippen molar-refractivity contribution < 1.29 is 14.7 Å². The standard InChI is InChI=1S/C11H16N2O3S/c1-8(5-10(14)15)6-12-11(16)13-7-9-3-2-4-17-9/h2-4,8H,5-7H2,1H3,(H,14,15)(H2,12,13,16). The van der Waals surface area contributed by atoms with E-state index in [1.54, 1.807) is 18.3 Å². The largest absolute Gasteiger partial charge is 0.481 e. The Balaban J connectivity index is 2.15. The summed E-state index contributed by atoms with van der Waals surface area (Å²) in [5.74, 6) is -0.918. The fourth-order valence-electron chi connectivity index (χ4n) is 1.28. The third-order valence-corrected chi connectivity index (χ3v) is 3.01. The number of carbonyl (C=O) groups excluding carboxylic acids is 1. The summed E-state index contributed by atoms with van der Waals surface area (Å²) in [5.41, 5.74) is 0. The van der Waals surface area contributed by atoms with Crippen LogP contribution < -0.4 is 10.6 Å². The normalized spacial score (nSPS) is 11.8. The van der Waals surface area contributed by atoms with Crippen LogP contribution in [0.25, 0.3) is 0 Å². The van der Waals surface area contributed by atoms with E-state index < -0.39 is 5.97 Å². The lowest BCUT2D eigenvalue weighted by Crippen LogP contribution is -2.37. The van der Waals surface area contributed by atoms with E-state index in [9.17, 15) is 9.59 Å². The molecule has 3 N–H and O–H groups in total. The molecule has 1 rings (SSSR count). The summed E-state index contributed by atoms with van der Waals surface area (Å²) >= 11 is 1.58. The molecule has 1 heterocycles. The molecule has 1 unspecified atom stereocenters. The molecule has 1 aromatic rings. The van der Waals surface area contributed by atoms with Crippen LogP contribution in [0.4, 0.5) is 4.79 Å². The van der Waals surface area contributed by atoms with Crippen molar-refractivity contribution in [2.24, 2.45) is 5.92 Å². The number of thiophene rings is 1. The van der Waals surface area contributed by atoms with Crippen LogP contribution in [0.2, 0.25) is 0 Å². The number of nitrogens with one attached hydrogen (secondary N) is 2. The second-order valence-corrected chi connectivity index (χ2v) is 4.88. The van der Waals surface area contributed by atoms with Gasteiger partial charge in [0.1, 0.15) is 0 Å². The number of aliphatic carboxylic acids is 1. The first-order valence-electron chi connectivity index (χ1n) is 5.34. The van der Waals surface area contributed by atoms with E-state index in [1.807, 2.05) is 17.5 Å². The Morgan fingerprint density at radius 2 is 2.24 bits per heavy atom. The van der Waals surface area contributed by atoms with Crippen LogP contribution in [-0.2, 0) is 11.3 Å². The summed E-state index contributed by atoms with van der Waals surface area (Å²) in [7, 11) is 0. The summed E-state index contributed by atoms with van der Waals surface area (Å²) < 4.78 is 0. The first-order valence-corrected chi connectivity index (χ1v) is 6.21. The number of carbonyl (C=O) groups is 2. The molecule has 0 saturated carbocycles. The molecule has 0 saturated heterocycles. The molecule has 0 aliphatic carbocycles. The maximum absolute atomic E-state index is 11.4. The quantitative estimate of drug-likeness (QED) is 0.724. The number of amides is 2. The molecule has 0 radical (unpaired) electrons. The molecule has 0 bridgehead atoms. The van der Waals surface area contributed by atoms with E-state index in [0.29, 0.717) is 13.1 Å². The number of hydrogen-bond donors (Lipinski definition) is 3. The Morgan fingerprint density at radius 3 is 2.82 bits per heavy atom. The van der Waals surface area contributed by atoms with Crippen molar-refractivity contribution in [1.29, 1.82) is 0 Å². The number of urea groups is 1. The predicted molar refractivity (Wildman–Crippen MR) is 66.0 cm³/mol. The fourth-order valence-corrected chi connectivity index (χ4v) is 1.92. The van der Waals surface area contributed by atoms with Gasteiger partial charge in [0.2, 0.25) is 0 Å². The van der Waals surface area contributed by atoms with Crippen molar-refractivity contribution in [1.82, 2.24) is 10.6 Å². The molecule has 0 aliphatic heterocycles.